The Hall–Kier alpha value is -2.08. The first-order valence-electron chi connectivity index (χ1n) is 6.85. The van der Waals surface area contributed by atoms with Crippen LogP contribution in [0, 0.1) is 0 Å². The van der Waals surface area contributed by atoms with Gasteiger partial charge in [-0.25, -0.2) is 4.79 Å². The number of halogens is 1. The highest BCUT2D eigenvalue weighted by atomic mass is 79.9. The van der Waals surface area contributed by atoms with Gasteiger partial charge in [-0.05, 0) is 36.2 Å². The Labute approximate surface area is 136 Å². The fourth-order valence-corrected chi connectivity index (χ4v) is 2.21. The number of furan rings is 1. The van der Waals surface area contributed by atoms with Crippen molar-refractivity contribution in [1.29, 1.82) is 0 Å². The van der Waals surface area contributed by atoms with Crippen LogP contribution in [0.4, 0.5) is 0 Å². The minimum absolute atomic E-state index is 0.0766. The van der Waals surface area contributed by atoms with Crippen molar-refractivity contribution in [2.75, 3.05) is 6.61 Å². The zero-order valence-electron chi connectivity index (χ0n) is 12.0. The van der Waals surface area contributed by atoms with E-state index in [0.29, 0.717) is 0 Å². The molecule has 0 aliphatic heterocycles. The van der Waals surface area contributed by atoms with Gasteiger partial charge in [0.15, 0.2) is 6.61 Å². The molecule has 0 spiro atoms. The van der Waals surface area contributed by atoms with Gasteiger partial charge in [-0.15, -0.1) is 0 Å². The van der Waals surface area contributed by atoms with Crippen molar-refractivity contribution in [2.45, 2.75) is 19.4 Å². The lowest BCUT2D eigenvalue weighted by molar-refractivity contribution is -0.125. The molecule has 0 radical (unpaired) electrons. The maximum Gasteiger partial charge on any atom is 0.374 e. The summed E-state index contributed by atoms with van der Waals surface area (Å²) in [6.07, 6.45) is 2.11. The van der Waals surface area contributed by atoms with Gasteiger partial charge >= 0.3 is 5.97 Å². The smallest absolute Gasteiger partial charge is 0.374 e. The Bertz CT molecular complexity index is 622. The summed E-state index contributed by atoms with van der Waals surface area (Å²) in [5.41, 5.74) is 0.997. The number of hydrogen-bond donors (Lipinski definition) is 1. The van der Waals surface area contributed by atoms with E-state index < -0.39 is 5.97 Å². The molecule has 0 unspecified atom stereocenters. The van der Waals surface area contributed by atoms with Gasteiger partial charge in [0.1, 0.15) is 0 Å². The Morgan fingerprint density at radius 3 is 2.59 bits per heavy atom. The van der Waals surface area contributed by atoms with Gasteiger partial charge in [0, 0.05) is 4.47 Å². The van der Waals surface area contributed by atoms with Gasteiger partial charge in [-0.3, -0.25) is 4.79 Å². The molecule has 5 nitrogen and oxygen atoms in total. The van der Waals surface area contributed by atoms with Gasteiger partial charge in [0.2, 0.25) is 5.76 Å². The van der Waals surface area contributed by atoms with Crippen molar-refractivity contribution in [3.63, 3.8) is 0 Å². The van der Waals surface area contributed by atoms with Gasteiger partial charge in [-0.1, -0.05) is 35.0 Å². The minimum atomic E-state index is -0.656. The van der Waals surface area contributed by atoms with Crippen molar-refractivity contribution in [2.24, 2.45) is 0 Å². The number of nitrogens with one attached hydrogen (secondary N) is 1. The van der Waals surface area contributed by atoms with E-state index in [1.807, 2.05) is 31.2 Å². The number of rotatable bonds is 6. The lowest BCUT2D eigenvalue weighted by atomic mass is 10.0. The SMILES string of the molecule is CC[C@@H](NC(=O)COC(=O)c1ccco1)c1ccc(Br)cc1. The second kappa shape index (κ2) is 7.79. The highest BCUT2D eigenvalue weighted by Crippen LogP contribution is 2.19. The molecule has 1 aromatic carbocycles. The molecular formula is C16H16BrNO4. The quantitative estimate of drug-likeness (QED) is 0.795. The number of hydrogen-bond acceptors (Lipinski definition) is 4. The fraction of sp³-hybridized carbons (Fsp3) is 0.250. The molecule has 1 N–H and O–H groups in total. The molecule has 0 bridgehead atoms. The maximum absolute atomic E-state index is 11.9. The molecule has 22 heavy (non-hydrogen) atoms. The molecule has 0 saturated carbocycles. The van der Waals surface area contributed by atoms with E-state index >= 15 is 0 Å². The van der Waals surface area contributed by atoms with Crippen LogP contribution in [0.5, 0.6) is 0 Å². The summed E-state index contributed by atoms with van der Waals surface area (Å²) in [5.74, 6) is -0.931. The molecule has 1 atom stereocenters. The molecule has 1 heterocycles. The molecule has 2 aromatic rings. The van der Waals surface area contributed by atoms with E-state index in [1.54, 1.807) is 6.07 Å². The maximum atomic E-state index is 11.9. The number of carbonyl (C=O) groups excluding carboxylic acids is 2. The van der Waals surface area contributed by atoms with E-state index in [4.69, 9.17) is 9.15 Å². The third-order valence-electron chi connectivity index (χ3n) is 3.07. The van der Waals surface area contributed by atoms with E-state index in [2.05, 4.69) is 21.2 Å². The van der Waals surface area contributed by atoms with E-state index in [-0.39, 0.29) is 24.3 Å². The van der Waals surface area contributed by atoms with Crippen molar-refractivity contribution >= 4 is 27.8 Å². The fourth-order valence-electron chi connectivity index (χ4n) is 1.95. The second-order valence-electron chi connectivity index (χ2n) is 4.63. The van der Waals surface area contributed by atoms with Crippen molar-refractivity contribution in [3.8, 4) is 0 Å². The lowest BCUT2D eigenvalue weighted by Crippen LogP contribution is -2.32. The summed E-state index contributed by atoms with van der Waals surface area (Å²) >= 11 is 3.37. The number of esters is 1. The highest BCUT2D eigenvalue weighted by Gasteiger charge is 2.16. The molecule has 1 aromatic heterocycles. The van der Waals surface area contributed by atoms with Crippen LogP contribution in [-0.4, -0.2) is 18.5 Å². The normalized spacial score (nSPS) is 11.7. The zero-order valence-corrected chi connectivity index (χ0v) is 13.6. The number of benzene rings is 1. The summed E-state index contributed by atoms with van der Waals surface area (Å²) in [7, 11) is 0. The summed E-state index contributed by atoms with van der Waals surface area (Å²) in [6.45, 7) is 1.63. The third-order valence-corrected chi connectivity index (χ3v) is 3.60. The number of amides is 1. The van der Waals surface area contributed by atoms with Crippen molar-refractivity contribution < 1.29 is 18.7 Å². The standard InChI is InChI=1S/C16H16BrNO4/c1-2-13(11-5-7-12(17)8-6-11)18-15(19)10-22-16(20)14-4-3-9-21-14/h3-9,13H,2,10H2,1H3,(H,18,19)/t13-/m1/s1. The molecule has 1 amide bonds. The predicted octanol–water partition coefficient (Wildman–Crippen LogP) is 3.47. The summed E-state index contributed by atoms with van der Waals surface area (Å²) < 4.78 is 10.8. The molecule has 0 aliphatic carbocycles. The summed E-state index contributed by atoms with van der Waals surface area (Å²) in [5, 5.41) is 2.84. The van der Waals surface area contributed by atoms with Crippen LogP contribution in [0.2, 0.25) is 0 Å². The van der Waals surface area contributed by atoms with Crippen LogP contribution < -0.4 is 5.32 Å². The van der Waals surface area contributed by atoms with Gasteiger partial charge in [0.05, 0.1) is 12.3 Å². The second-order valence-corrected chi connectivity index (χ2v) is 5.55. The number of carbonyl (C=O) groups is 2. The Kier molecular flexibility index (Phi) is 5.77. The monoisotopic (exact) mass is 365 g/mol. The lowest BCUT2D eigenvalue weighted by Gasteiger charge is -2.17. The first-order valence-corrected chi connectivity index (χ1v) is 7.65. The van der Waals surface area contributed by atoms with Gasteiger partial charge in [0.25, 0.3) is 5.91 Å². The van der Waals surface area contributed by atoms with Crippen molar-refractivity contribution in [1.82, 2.24) is 5.32 Å². The van der Waals surface area contributed by atoms with E-state index in [0.717, 1.165) is 16.5 Å². The predicted molar refractivity (Wildman–Crippen MR) is 84.3 cm³/mol. The molecule has 2 rings (SSSR count). The van der Waals surface area contributed by atoms with Crippen LogP contribution in [0.3, 0.4) is 0 Å². The largest absolute Gasteiger partial charge is 0.457 e. The van der Waals surface area contributed by atoms with Crippen LogP contribution in [-0.2, 0) is 9.53 Å². The van der Waals surface area contributed by atoms with Crippen LogP contribution in [0.25, 0.3) is 0 Å². The average molecular weight is 366 g/mol. The van der Waals surface area contributed by atoms with Crippen molar-refractivity contribution in [3.05, 3.63) is 58.5 Å². The Morgan fingerprint density at radius 1 is 1.27 bits per heavy atom. The molecule has 0 saturated heterocycles. The van der Waals surface area contributed by atoms with Crippen LogP contribution in [0.1, 0.15) is 35.5 Å². The highest BCUT2D eigenvalue weighted by molar-refractivity contribution is 9.10. The third kappa shape index (κ3) is 4.46. The molecule has 6 heteroatoms. The summed E-state index contributed by atoms with van der Waals surface area (Å²) in [6, 6.07) is 10.7. The zero-order chi connectivity index (χ0) is 15.9. The minimum Gasteiger partial charge on any atom is -0.457 e. The Morgan fingerprint density at radius 2 is 2.00 bits per heavy atom. The van der Waals surface area contributed by atoms with Crippen LogP contribution >= 0.6 is 15.9 Å². The average Bonchev–Trinajstić information content (AvgIpc) is 3.05. The molecule has 116 valence electrons. The first-order chi connectivity index (χ1) is 10.6. The molecular weight excluding hydrogens is 350 g/mol. The topological polar surface area (TPSA) is 68.5 Å². The van der Waals surface area contributed by atoms with Crippen LogP contribution in [0.15, 0.2) is 51.6 Å². The first kappa shape index (κ1) is 16.3. The van der Waals surface area contributed by atoms with Gasteiger partial charge < -0.3 is 14.5 Å². The van der Waals surface area contributed by atoms with E-state index in [9.17, 15) is 9.59 Å². The van der Waals surface area contributed by atoms with E-state index in [1.165, 1.54) is 12.3 Å². The number of ether oxygens (including phenoxy) is 1. The molecule has 0 fully saturated rings. The Balaban J connectivity index is 1.87. The summed E-state index contributed by atoms with van der Waals surface area (Å²) in [4.78, 5) is 23.5. The molecule has 0 aliphatic rings. The van der Waals surface area contributed by atoms with Gasteiger partial charge in [-0.2, -0.15) is 0 Å².